The summed E-state index contributed by atoms with van der Waals surface area (Å²) >= 11 is 3.52. The van der Waals surface area contributed by atoms with Crippen LogP contribution in [0.5, 0.6) is 0 Å². The van der Waals surface area contributed by atoms with Crippen LogP contribution < -0.4 is 5.32 Å². The van der Waals surface area contributed by atoms with E-state index in [1.54, 1.807) is 0 Å². The van der Waals surface area contributed by atoms with Gasteiger partial charge in [0, 0.05) is 10.0 Å². The van der Waals surface area contributed by atoms with E-state index in [0.717, 1.165) is 34.9 Å². The number of rotatable bonds is 2. The molecule has 22 heavy (non-hydrogen) atoms. The largest absolute Gasteiger partial charge is 0.341 e. The fourth-order valence-electron chi connectivity index (χ4n) is 3.17. The molecule has 0 bridgehead atoms. The zero-order valence-corrected chi connectivity index (χ0v) is 14.0. The lowest BCUT2D eigenvalue weighted by atomic mass is 10.1. The third-order valence-corrected chi connectivity index (χ3v) is 4.88. The molecule has 3 nitrogen and oxygen atoms in total. The molecular weight excluding hydrogens is 338 g/mol. The molecule has 2 aromatic carbocycles. The van der Waals surface area contributed by atoms with Crippen LogP contribution in [0.3, 0.4) is 0 Å². The first-order valence-corrected chi connectivity index (χ1v) is 8.46. The molecule has 1 fully saturated rings. The summed E-state index contributed by atoms with van der Waals surface area (Å²) in [4.78, 5) is 8.06. The summed E-state index contributed by atoms with van der Waals surface area (Å²) in [7, 11) is 0. The number of benzene rings is 2. The van der Waals surface area contributed by atoms with Crippen LogP contribution >= 0.6 is 15.9 Å². The van der Waals surface area contributed by atoms with Crippen LogP contribution in [0.1, 0.15) is 25.2 Å². The van der Waals surface area contributed by atoms with E-state index >= 15 is 0 Å². The number of hydrogen-bond acceptors (Lipinski definition) is 2. The van der Waals surface area contributed by atoms with Crippen molar-refractivity contribution < 1.29 is 0 Å². The van der Waals surface area contributed by atoms with Crippen LogP contribution in [-0.4, -0.2) is 16.5 Å². The summed E-state index contributed by atoms with van der Waals surface area (Å²) < 4.78 is 1.11. The molecule has 112 valence electrons. The average Bonchev–Trinajstić information content (AvgIpc) is 3.15. The van der Waals surface area contributed by atoms with E-state index < -0.39 is 0 Å². The zero-order chi connectivity index (χ0) is 15.1. The maximum Gasteiger partial charge on any atom is 0.123 e. The normalized spacial score (nSPS) is 21.5. The summed E-state index contributed by atoms with van der Waals surface area (Å²) in [6, 6.07) is 13.2. The van der Waals surface area contributed by atoms with Gasteiger partial charge in [0.25, 0.3) is 0 Å². The number of imidazole rings is 1. The number of aromatic amines is 1. The Balaban J connectivity index is 1.67. The highest BCUT2D eigenvalue weighted by Crippen LogP contribution is 2.29. The van der Waals surface area contributed by atoms with Gasteiger partial charge in [-0.15, -0.1) is 0 Å². The molecule has 1 aliphatic rings. The third kappa shape index (κ3) is 2.57. The van der Waals surface area contributed by atoms with Crippen molar-refractivity contribution in [2.45, 2.75) is 19.4 Å². The van der Waals surface area contributed by atoms with Crippen LogP contribution in [0.2, 0.25) is 0 Å². The predicted molar refractivity (Wildman–Crippen MR) is 93.8 cm³/mol. The van der Waals surface area contributed by atoms with E-state index in [1.807, 2.05) is 6.20 Å². The Bertz CT molecular complexity index is 824. The molecule has 2 heterocycles. The summed E-state index contributed by atoms with van der Waals surface area (Å²) in [6.07, 6.45) is 3.10. The van der Waals surface area contributed by atoms with E-state index in [0.29, 0.717) is 6.04 Å². The van der Waals surface area contributed by atoms with Gasteiger partial charge in [0.2, 0.25) is 0 Å². The highest BCUT2D eigenvalue weighted by atomic mass is 79.9. The monoisotopic (exact) mass is 355 g/mol. The molecule has 0 saturated carbocycles. The first-order valence-electron chi connectivity index (χ1n) is 7.67. The number of halogens is 1. The maximum atomic E-state index is 4.58. The van der Waals surface area contributed by atoms with Gasteiger partial charge in [0.1, 0.15) is 5.82 Å². The fourth-order valence-corrected chi connectivity index (χ4v) is 3.54. The summed E-state index contributed by atoms with van der Waals surface area (Å²) in [6.45, 7) is 3.35. The smallest absolute Gasteiger partial charge is 0.123 e. The van der Waals surface area contributed by atoms with Gasteiger partial charge in [-0.3, -0.25) is 0 Å². The van der Waals surface area contributed by atoms with Crippen LogP contribution in [-0.2, 0) is 0 Å². The molecule has 2 N–H and O–H groups in total. The van der Waals surface area contributed by atoms with Crippen molar-refractivity contribution in [3.05, 3.63) is 52.9 Å². The molecule has 1 aromatic heterocycles. The molecule has 4 heteroatoms. The molecule has 0 aliphatic carbocycles. The van der Waals surface area contributed by atoms with Gasteiger partial charge in [0.05, 0.1) is 17.9 Å². The fraction of sp³-hybridized carbons (Fsp3) is 0.278. The lowest BCUT2D eigenvalue weighted by Gasteiger charge is -2.06. The van der Waals surface area contributed by atoms with E-state index in [-0.39, 0.29) is 0 Å². The Labute approximate surface area is 138 Å². The highest BCUT2D eigenvalue weighted by Gasteiger charge is 2.24. The third-order valence-electron chi connectivity index (χ3n) is 4.39. The topological polar surface area (TPSA) is 40.7 Å². The van der Waals surface area contributed by atoms with Crippen molar-refractivity contribution in [2.75, 3.05) is 6.54 Å². The predicted octanol–water partition coefficient (Wildman–Crippen LogP) is 4.66. The zero-order valence-electron chi connectivity index (χ0n) is 12.4. The van der Waals surface area contributed by atoms with E-state index in [9.17, 15) is 0 Å². The first kappa shape index (κ1) is 14.0. The summed E-state index contributed by atoms with van der Waals surface area (Å²) in [5.74, 6) is 1.77. The standard InChI is InChI=1S/C18H18BrN3/c1-11-6-16(20-9-11)18-21-10-17(22-18)14-3-2-13-8-15(19)5-4-12(13)7-14/h2-5,7-8,10-11,16,20H,6,9H2,1H3,(H,21,22). The second kappa shape index (κ2) is 5.52. The van der Waals surface area contributed by atoms with Gasteiger partial charge >= 0.3 is 0 Å². The molecule has 2 atom stereocenters. The minimum Gasteiger partial charge on any atom is -0.341 e. The second-order valence-corrected chi connectivity index (χ2v) is 7.11. The van der Waals surface area contributed by atoms with Crippen molar-refractivity contribution in [2.24, 2.45) is 5.92 Å². The van der Waals surface area contributed by atoms with E-state index in [2.05, 4.69) is 74.5 Å². The molecule has 2 unspecified atom stereocenters. The number of fused-ring (bicyclic) bond motifs is 1. The van der Waals surface area contributed by atoms with Gasteiger partial charge in [0.15, 0.2) is 0 Å². The van der Waals surface area contributed by atoms with Crippen molar-refractivity contribution >= 4 is 26.7 Å². The van der Waals surface area contributed by atoms with Crippen molar-refractivity contribution in [3.8, 4) is 11.3 Å². The lowest BCUT2D eigenvalue weighted by Crippen LogP contribution is -2.14. The second-order valence-electron chi connectivity index (χ2n) is 6.19. The number of hydrogen-bond donors (Lipinski definition) is 2. The van der Waals surface area contributed by atoms with Crippen LogP contribution in [0.4, 0.5) is 0 Å². The SMILES string of the molecule is CC1CNC(c2ncc(-c3ccc4cc(Br)ccc4c3)[nH]2)C1. The van der Waals surface area contributed by atoms with Crippen LogP contribution in [0.15, 0.2) is 47.1 Å². The molecule has 0 radical (unpaired) electrons. The van der Waals surface area contributed by atoms with Gasteiger partial charge in [-0.05, 0) is 47.9 Å². The highest BCUT2D eigenvalue weighted by molar-refractivity contribution is 9.10. The van der Waals surface area contributed by atoms with E-state index in [4.69, 9.17) is 0 Å². The Morgan fingerprint density at radius 2 is 1.95 bits per heavy atom. The lowest BCUT2D eigenvalue weighted by molar-refractivity contribution is 0.588. The minimum absolute atomic E-state index is 0.361. The van der Waals surface area contributed by atoms with Gasteiger partial charge in [-0.25, -0.2) is 4.98 Å². The minimum atomic E-state index is 0.361. The molecule has 1 saturated heterocycles. The number of H-pyrrole nitrogens is 1. The average molecular weight is 356 g/mol. The Kier molecular flexibility index (Phi) is 3.51. The van der Waals surface area contributed by atoms with Crippen molar-refractivity contribution in [1.82, 2.24) is 15.3 Å². The first-order chi connectivity index (χ1) is 10.7. The molecule has 0 amide bonds. The molecule has 1 aliphatic heterocycles. The van der Waals surface area contributed by atoms with Gasteiger partial charge in [-0.2, -0.15) is 0 Å². The van der Waals surface area contributed by atoms with Crippen LogP contribution in [0, 0.1) is 5.92 Å². The van der Waals surface area contributed by atoms with Crippen molar-refractivity contribution in [1.29, 1.82) is 0 Å². The number of nitrogens with zero attached hydrogens (tertiary/aromatic N) is 1. The molecule has 3 aromatic rings. The Morgan fingerprint density at radius 3 is 2.77 bits per heavy atom. The van der Waals surface area contributed by atoms with E-state index in [1.165, 1.54) is 16.3 Å². The van der Waals surface area contributed by atoms with Crippen molar-refractivity contribution in [3.63, 3.8) is 0 Å². The molecule has 4 rings (SSSR count). The summed E-state index contributed by atoms with van der Waals surface area (Å²) in [5, 5.41) is 6.00. The number of nitrogens with one attached hydrogen (secondary N) is 2. The van der Waals surface area contributed by atoms with Gasteiger partial charge < -0.3 is 10.3 Å². The molecule has 0 spiro atoms. The maximum absolute atomic E-state index is 4.58. The Morgan fingerprint density at radius 1 is 1.14 bits per heavy atom. The molecular formula is C18H18BrN3. The summed E-state index contributed by atoms with van der Waals surface area (Å²) in [5.41, 5.74) is 2.26. The van der Waals surface area contributed by atoms with Gasteiger partial charge in [-0.1, -0.05) is 41.1 Å². The van der Waals surface area contributed by atoms with Crippen LogP contribution in [0.25, 0.3) is 22.0 Å². The number of aromatic nitrogens is 2. The quantitative estimate of drug-likeness (QED) is 0.701. The Hall–Kier alpha value is -1.65.